The fraction of sp³-hybridized carbons (Fsp3) is 0.0781. The normalized spacial score (nSPS) is 13.9. The van der Waals surface area contributed by atoms with Gasteiger partial charge in [0.2, 0.25) is 0 Å². The first kappa shape index (κ1) is 62.8. The van der Waals surface area contributed by atoms with Crippen molar-refractivity contribution in [2.24, 2.45) is 0 Å². The second-order valence-corrected chi connectivity index (χ2v) is 28.7. The zero-order chi connectivity index (χ0) is 62.0. The van der Waals surface area contributed by atoms with Crippen molar-refractivity contribution in [3.8, 4) is 103 Å². The molecule has 0 aromatic carbocycles. The molecule has 1 saturated heterocycles. The molecule has 0 saturated carbocycles. The van der Waals surface area contributed by atoms with Gasteiger partial charge < -0.3 is 0 Å². The van der Waals surface area contributed by atoms with E-state index in [1.165, 1.54) is 64.5 Å². The third-order valence-corrected chi connectivity index (χ3v) is 24.5. The quantitative estimate of drug-likeness (QED) is 0.0829. The molecule has 10 rings (SSSR count). The molecular formula is C64H29N13S10. The highest BCUT2D eigenvalue weighted by atomic mass is 32.2. The molecule has 1 aliphatic heterocycles. The van der Waals surface area contributed by atoms with Crippen molar-refractivity contribution in [1.82, 2.24) is 0 Å². The molecule has 0 spiro atoms. The van der Waals surface area contributed by atoms with Crippen LogP contribution in [0.1, 0.15) is 54.3 Å². The highest BCUT2D eigenvalue weighted by Crippen LogP contribution is 2.51. The third-order valence-electron chi connectivity index (χ3n) is 12.0. The monoisotopic (exact) mass is 1300 g/mol. The maximum Gasteiger partial charge on any atom is 0.280 e. The summed E-state index contributed by atoms with van der Waals surface area (Å²) in [5.41, 5.74) is 1.10. The van der Waals surface area contributed by atoms with E-state index in [1.807, 2.05) is 132 Å². The van der Waals surface area contributed by atoms with Crippen LogP contribution in [0.15, 0.2) is 137 Å². The first-order valence-electron chi connectivity index (χ1n) is 24.7. The van der Waals surface area contributed by atoms with Gasteiger partial charge >= 0.3 is 0 Å². The van der Waals surface area contributed by atoms with E-state index in [9.17, 15) is 10.5 Å². The second-order valence-electron chi connectivity index (χ2n) is 17.3. The topological polar surface area (TPSA) is 232 Å². The van der Waals surface area contributed by atoms with E-state index in [4.69, 9.17) is 63.1 Å². The molecule has 10 heterocycles. The van der Waals surface area contributed by atoms with Crippen molar-refractivity contribution >= 4 is 153 Å². The maximum atomic E-state index is 9.34. The van der Waals surface area contributed by atoms with Crippen molar-refractivity contribution in [2.75, 3.05) is 0 Å². The Hall–Kier alpha value is -10.3. The molecule has 0 radical (unpaired) electrons. The van der Waals surface area contributed by atoms with Crippen molar-refractivity contribution in [2.45, 2.75) is 30.3 Å². The van der Waals surface area contributed by atoms with Gasteiger partial charge in [-0.15, -0.1) is 114 Å². The smallest absolute Gasteiger partial charge is 0.227 e. The van der Waals surface area contributed by atoms with Gasteiger partial charge in [-0.05, 0) is 141 Å². The minimum Gasteiger partial charge on any atom is -0.227 e. The Bertz CT molecular complexity index is 4750. The zero-order valence-electron chi connectivity index (χ0n) is 44.5. The lowest BCUT2D eigenvalue weighted by Gasteiger charge is -2.06. The summed E-state index contributed by atoms with van der Waals surface area (Å²) in [6.07, 6.45) is 8.66. The lowest BCUT2D eigenvalue weighted by atomic mass is 10.1. The Morgan fingerprint density at radius 1 is 0.414 bits per heavy atom. The third kappa shape index (κ3) is 15.4. The van der Waals surface area contributed by atoms with Crippen LogP contribution < -0.4 is 0 Å². The van der Waals surface area contributed by atoms with Crippen molar-refractivity contribution < 1.29 is 0 Å². The molecule has 1 aliphatic rings. The molecule has 2 atom stereocenters. The van der Waals surface area contributed by atoms with Gasteiger partial charge in [-0.3, -0.25) is 0 Å². The van der Waals surface area contributed by atoms with Crippen LogP contribution >= 0.6 is 114 Å². The number of nitrogens with zero attached hydrogens (tertiary/aromatic N) is 13. The van der Waals surface area contributed by atoms with Gasteiger partial charge in [-0.2, -0.15) is 26.3 Å². The molecule has 0 N–H and O–H groups in total. The molecule has 2 unspecified atom stereocenters. The summed E-state index contributed by atoms with van der Waals surface area (Å²) in [5, 5.41) is 82.0. The summed E-state index contributed by atoms with van der Waals surface area (Å²) in [6.45, 7) is 29.6. The van der Waals surface area contributed by atoms with E-state index in [2.05, 4.69) is 49.7 Å². The summed E-state index contributed by atoms with van der Waals surface area (Å²) >= 11 is 16.1. The molecule has 23 heteroatoms. The van der Waals surface area contributed by atoms with Crippen LogP contribution in [0, 0.1) is 128 Å². The van der Waals surface area contributed by atoms with E-state index in [1.54, 1.807) is 88.7 Å². The van der Waals surface area contributed by atoms with Crippen molar-refractivity contribution in [3.63, 3.8) is 0 Å². The van der Waals surface area contributed by atoms with Gasteiger partial charge in [-0.25, -0.2) is 40.4 Å². The second kappa shape index (κ2) is 30.0. The SMILES string of the molecule is [C-]#[N+]/C(C#N)=C(\C#N)c1ccc(-c2ccc(-c3ccc(/C(C#N)=C(/C)C#N)s3)s2)s1.[C-]#[N+]/C(C#N)=C/c1ccc(-c2cc3sc(C4CCC(C=C(C#N)C#N)S4)cc3s2)s1.[C-]#[N+]/C(C#N)=C\c1ccc(-c2ccc(-c3ccc(/C=C(\C#N)[N+]#[C-])s3)s2)s1. The molecule has 0 aliphatic carbocycles. The van der Waals surface area contributed by atoms with E-state index < -0.39 is 0 Å². The highest BCUT2D eigenvalue weighted by molar-refractivity contribution is 8.00. The van der Waals surface area contributed by atoms with Crippen LogP contribution in [0.5, 0.6) is 0 Å². The number of fused-ring (bicyclic) bond motifs is 1. The summed E-state index contributed by atoms with van der Waals surface area (Å²) in [4.78, 5) is 28.7. The molecule has 87 heavy (non-hydrogen) atoms. The zero-order valence-corrected chi connectivity index (χ0v) is 52.7. The lowest BCUT2D eigenvalue weighted by Crippen LogP contribution is -1.91. The number of nitriles is 9. The summed E-state index contributed by atoms with van der Waals surface area (Å²) in [5.74, 6) is 0. The Morgan fingerprint density at radius 3 is 1.23 bits per heavy atom. The van der Waals surface area contributed by atoms with E-state index in [-0.39, 0.29) is 39.2 Å². The van der Waals surface area contributed by atoms with Gasteiger partial charge in [0.1, 0.15) is 23.8 Å². The average Bonchev–Trinajstić information content (AvgIpc) is 2.90. The number of hydrogen-bond donors (Lipinski definition) is 0. The molecule has 0 bridgehead atoms. The van der Waals surface area contributed by atoms with Crippen molar-refractivity contribution in [1.29, 1.82) is 47.4 Å². The van der Waals surface area contributed by atoms with Gasteiger partial charge in [-0.1, -0.05) is 0 Å². The summed E-state index contributed by atoms with van der Waals surface area (Å²) < 4.78 is 2.53. The predicted octanol–water partition coefficient (Wildman–Crippen LogP) is 20.9. The largest absolute Gasteiger partial charge is 0.280 e. The lowest BCUT2D eigenvalue weighted by molar-refractivity contribution is 0.802. The molecular weight excluding hydrogens is 1270 g/mol. The molecule has 1 fully saturated rings. The predicted molar refractivity (Wildman–Crippen MR) is 357 cm³/mol. The molecule has 410 valence electrons. The van der Waals surface area contributed by atoms with Crippen LogP contribution in [-0.2, 0) is 0 Å². The highest BCUT2D eigenvalue weighted by Gasteiger charge is 2.28. The van der Waals surface area contributed by atoms with Crippen molar-refractivity contribution in [3.05, 3.63) is 212 Å². The Morgan fingerprint density at radius 2 is 0.828 bits per heavy atom. The molecule has 9 aromatic rings. The van der Waals surface area contributed by atoms with Crippen LogP contribution in [0.4, 0.5) is 0 Å². The summed E-state index contributed by atoms with van der Waals surface area (Å²) in [7, 11) is 0. The molecule has 13 nitrogen and oxygen atoms in total. The van der Waals surface area contributed by atoms with Crippen LogP contribution in [0.3, 0.4) is 0 Å². The van der Waals surface area contributed by atoms with Gasteiger partial charge in [0.25, 0.3) is 22.8 Å². The Labute approximate surface area is 540 Å². The van der Waals surface area contributed by atoms with E-state index >= 15 is 0 Å². The van der Waals surface area contributed by atoms with E-state index in [0.717, 1.165) is 76.2 Å². The minimum atomic E-state index is -0.210. The molecule has 0 amide bonds. The minimum absolute atomic E-state index is 0.0746. The first-order valence-corrected chi connectivity index (χ1v) is 33.0. The van der Waals surface area contributed by atoms with Gasteiger partial charge in [0.15, 0.2) is 0 Å². The number of hydrogen-bond acceptors (Lipinski definition) is 19. The van der Waals surface area contributed by atoms with Crippen LogP contribution in [0.25, 0.3) is 107 Å². The first-order chi connectivity index (χ1) is 42.3. The molecule has 9 aromatic heterocycles. The van der Waals surface area contributed by atoms with Crippen LogP contribution in [0.2, 0.25) is 0 Å². The van der Waals surface area contributed by atoms with Gasteiger partial charge in [0, 0.05) is 104 Å². The number of rotatable bonds is 12. The number of allylic oxidation sites excluding steroid dienone is 8. The van der Waals surface area contributed by atoms with E-state index in [0.29, 0.717) is 21.3 Å². The number of thioether (sulfide) groups is 1. The number of thiophene rings is 9. The fourth-order valence-electron chi connectivity index (χ4n) is 7.93. The average molecular weight is 1300 g/mol. The fourth-order valence-corrected chi connectivity index (χ4v) is 19.4. The maximum absolute atomic E-state index is 9.34. The Balaban J connectivity index is 0.000000170. The standard InChI is InChI=1S/C22H9N5S3.C22H12N4S4.C20H8N4S3/c1-13(9-23)14(10-24)17-3-5-19(28-17)21-7-8-22(30-21)20-6-4-18(29-20)15(11-25)16(12-26)27-2;1-26-14(12-25)7-16-3-5-18(28-16)20-9-22-21(30-20)8-19(29-22)17-4-2-15(27-17)6-13(10-23)11-24;1-23-13(11-21)9-15-3-5-17(25-15)19-7-8-20(27-19)18-6-4-16(26-18)10-14(12-22)24-2/h3-8H,1H3;3,5-9,15,17H,2,4H2;3-10H/b14-13-,16-15+;14-7+;13-9-,14-10+. The van der Waals surface area contributed by atoms with Gasteiger partial charge in [0.05, 0.1) is 73.9 Å². The van der Waals surface area contributed by atoms with Crippen LogP contribution in [-0.4, -0.2) is 5.25 Å². The Kier molecular flexibility index (Phi) is 21.6. The summed E-state index contributed by atoms with van der Waals surface area (Å²) in [6, 6.07) is 49.1.